The van der Waals surface area contributed by atoms with Gasteiger partial charge in [0.05, 0.1) is 19.2 Å². The minimum absolute atomic E-state index is 0.0550. The van der Waals surface area contributed by atoms with Crippen LogP contribution in [-0.2, 0) is 13.0 Å². The standard InChI is InChI=1S/C15H16N6O2/c22-8-12-11-4-2-1-3-10(11)5-6-21(12)7-13-18-15(20-23-13)14-16-9-17-19-14/h1-4,9,12,22H,5-8H2,(H,16,17,19). The Bertz CT molecular complexity index is 785. The first-order valence-electron chi connectivity index (χ1n) is 7.46. The monoisotopic (exact) mass is 312 g/mol. The summed E-state index contributed by atoms with van der Waals surface area (Å²) in [7, 11) is 0. The van der Waals surface area contributed by atoms with Gasteiger partial charge >= 0.3 is 0 Å². The molecule has 1 atom stereocenters. The van der Waals surface area contributed by atoms with E-state index in [4.69, 9.17) is 4.52 Å². The quantitative estimate of drug-likeness (QED) is 0.739. The average Bonchev–Trinajstić information content (AvgIpc) is 3.26. The van der Waals surface area contributed by atoms with Gasteiger partial charge in [-0.25, -0.2) is 4.98 Å². The molecule has 4 rings (SSSR count). The van der Waals surface area contributed by atoms with Crippen molar-refractivity contribution < 1.29 is 9.63 Å². The van der Waals surface area contributed by atoms with Crippen LogP contribution in [0.3, 0.4) is 0 Å². The van der Waals surface area contributed by atoms with Crippen molar-refractivity contribution in [1.82, 2.24) is 30.2 Å². The molecular weight excluding hydrogens is 296 g/mol. The van der Waals surface area contributed by atoms with Crippen LogP contribution in [0.1, 0.15) is 23.1 Å². The van der Waals surface area contributed by atoms with Gasteiger partial charge in [0.15, 0.2) is 5.82 Å². The fourth-order valence-electron chi connectivity index (χ4n) is 3.01. The number of hydrogen-bond acceptors (Lipinski definition) is 7. The van der Waals surface area contributed by atoms with Crippen LogP contribution in [0.15, 0.2) is 35.1 Å². The highest BCUT2D eigenvalue weighted by Gasteiger charge is 2.28. The van der Waals surface area contributed by atoms with E-state index in [0.717, 1.165) is 18.5 Å². The molecule has 3 heterocycles. The molecule has 1 aromatic carbocycles. The fourth-order valence-corrected chi connectivity index (χ4v) is 3.01. The molecule has 2 aromatic heterocycles. The fraction of sp³-hybridized carbons (Fsp3) is 0.333. The summed E-state index contributed by atoms with van der Waals surface area (Å²) >= 11 is 0. The number of aliphatic hydroxyl groups is 1. The highest BCUT2D eigenvalue weighted by atomic mass is 16.5. The van der Waals surface area contributed by atoms with E-state index in [0.29, 0.717) is 24.1 Å². The van der Waals surface area contributed by atoms with Crippen LogP contribution in [0, 0.1) is 0 Å². The summed E-state index contributed by atoms with van der Waals surface area (Å²) in [5.74, 6) is 1.35. The highest BCUT2D eigenvalue weighted by Crippen LogP contribution is 2.30. The normalized spacial score (nSPS) is 18.0. The predicted molar refractivity (Wildman–Crippen MR) is 80.1 cm³/mol. The van der Waals surface area contributed by atoms with E-state index in [1.165, 1.54) is 11.9 Å². The predicted octanol–water partition coefficient (Wildman–Crippen LogP) is 0.946. The van der Waals surface area contributed by atoms with Crippen molar-refractivity contribution in [2.24, 2.45) is 0 Å². The van der Waals surface area contributed by atoms with Crippen molar-refractivity contribution in [3.8, 4) is 11.6 Å². The molecule has 0 saturated heterocycles. The number of fused-ring (bicyclic) bond motifs is 1. The zero-order chi connectivity index (χ0) is 15.6. The number of aliphatic hydroxyl groups excluding tert-OH is 1. The van der Waals surface area contributed by atoms with E-state index in [1.807, 2.05) is 12.1 Å². The van der Waals surface area contributed by atoms with Gasteiger partial charge in [0, 0.05) is 6.54 Å². The maximum atomic E-state index is 9.81. The van der Waals surface area contributed by atoms with Crippen LogP contribution in [-0.4, -0.2) is 48.5 Å². The summed E-state index contributed by atoms with van der Waals surface area (Å²) in [6.45, 7) is 1.38. The van der Waals surface area contributed by atoms with Crippen molar-refractivity contribution in [3.63, 3.8) is 0 Å². The van der Waals surface area contributed by atoms with Gasteiger partial charge < -0.3 is 9.63 Å². The van der Waals surface area contributed by atoms with Crippen molar-refractivity contribution in [3.05, 3.63) is 47.6 Å². The molecule has 23 heavy (non-hydrogen) atoms. The average molecular weight is 312 g/mol. The maximum absolute atomic E-state index is 9.81. The number of H-pyrrole nitrogens is 1. The lowest BCUT2D eigenvalue weighted by Gasteiger charge is -2.35. The number of benzene rings is 1. The van der Waals surface area contributed by atoms with Gasteiger partial charge in [-0.15, -0.1) is 0 Å². The molecule has 0 radical (unpaired) electrons. The summed E-state index contributed by atoms with van der Waals surface area (Å²) in [5.41, 5.74) is 2.45. The third-order valence-electron chi connectivity index (χ3n) is 4.13. The van der Waals surface area contributed by atoms with Crippen LogP contribution in [0.2, 0.25) is 0 Å². The number of aromatic nitrogens is 5. The van der Waals surface area contributed by atoms with E-state index >= 15 is 0 Å². The van der Waals surface area contributed by atoms with E-state index < -0.39 is 0 Å². The minimum Gasteiger partial charge on any atom is -0.394 e. The zero-order valence-electron chi connectivity index (χ0n) is 12.4. The van der Waals surface area contributed by atoms with Crippen molar-refractivity contribution >= 4 is 0 Å². The smallest absolute Gasteiger partial charge is 0.241 e. The van der Waals surface area contributed by atoms with E-state index in [-0.39, 0.29) is 12.6 Å². The topological polar surface area (TPSA) is 104 Å². The lowest BCUT2D eigenvalue weighted by atomic mass is 9.93. The van der Waals surface area contributed by atoms with Gasteiger partial charge in [-0.05, 0) is 17.5 Å². The molecule has 3 aromatic rings. The van der Waals surface area contributed by atoms with Crippen LogP contribution in [0.25, 0.3) is 11.6 Å². The molecule has 0 aliphatic carbocycles. The second kappa shape index (κ2) is 5.90. The Morgan fingerprint density at radius 1 is 1.35 bits per heavy atom. The van der Waals surface area contributed by atoms with Crippen LogP contribution >= 0.6 is 0 Å². The van der Waals surface area contributed by atoms with Gasteiger partial charge in [-0.2, -0.15) is 10.1 Å². The summed E-state index contributed by atoms with van der Waals surface area (Å²) in [5, 5.41) is 20.2. The van der Waals surface area contributed by atoms with Gasteiger partial charge in [-0.1, -0.05) is 29.4 Å². The van der Waals surface area contributed by atoms with Gasteiger partial charge in [0.1, 0.15) is 6.33 Å². The van der Waals surface area contributed by atoms with Crippen molar-refractivity contribution in [2.75, 3.05) is 13.2 Å². The Kier molecular flexibility index (Phi) is 3.60. The van der Waals surface area contributed by atoms with Gasteiger partial charge in [-0.3, -0.25) is 10.00 Å². The summed E-state index contributed by atoms with van der Waals surface area (Å²) in [6.07, 6.45) is 2.34. The maximum Gasteiger partial charge on any atom is 0.241 e. The second-order valence-corrected chi connectivity index (χ2v) is 5.46. The lowest BCUT2D eigenvalue weighted by molar-refractivity contribution is 0.0971. The third-order valence-corrected chi connectivity index (χ3v) is 4.13. The Morgan fingerprint density at radius 3 is 3.09 bits per heavy atom. The van der Waals surface area contributed by atoms with Crippen molar-refractivity contribution in [2.45, 2.75) is 19.0 Å². The summed E-state index contributed by atoms with van der Waals surface area (Å²) in [6, 6.07) is 8.16. The molecule has 1 aliphatic rings. The van der Waals surface area contributed by atoms with Gasteiger partial charge in [0.2, 0.25) is 11.7 Å². The Balaban J connectivity index is 1.55. The molecular formula is C15H16N6O2. The molecule has 1 unspecified atom stereocenters. The summed E-state index contributed by atoms with van der Waals surface area (Å²) in [4.78, 5) is 10.5. The van der Waals surface area contributed by atoms with Crippen molar-refractivity contribution in [1.29, 1.82) is 0 Å². The first-order valence-corrected chi connectivity index (χ1v) is 7.46. The summed E-state index contributed by atoms with van der Waals surface area (Å²) < 4.78 is 5.30. The largest absolute Gasteiger partial charge is 0.394 e. The number of aromatic amines is 1. The Labute approximate surface area is 132 Å². The number of nitrogens with one attached hydrogen (secondary N) is 1. The second-order valence-electron chi connectivity index (χ2n) is 5.46. The molecule has 0 saturated carbocycles. The lowest BCUT2D eigenvalue weighted by Crippen LogP contribution is -2.36. The SMILES string of the molecule is OCC1c2ccccc2CCN1Cc1nc(-c2ncn[nH]2)no1. The minimum atomic E-state index is -0.0550. The first kappa shape index (κ1) is 14.0. The number of nitrogens with zero attached hydrogens (tertiary/aromatic N) is 5. The number of hydrogen-bond donors (Lipinski definition) is 2. The zero-order valence-corrected chi connectivity index (χ0v) is 12.4. The third kappa shape index (κ3) is 2.62. The highest BCUT2D eigenvalue weighted by molar-refractivity contribution is 5.39. The molecule has 8 nitrogen and oxygen atoms in total. The van der Waals surface area contributed by atoms with Crippen LogP contribution in [0.5, 0.6) is 0 Å². The Hall–Kier alpha value is -2.58. The first-order chi connectivity index (χ1) is 11.3. The Morgan fingerprint density at radius 2 is 2.26 bits per heavy atom. The molecule has 8 heteroatoms. The number of rotatable bonds is 4. The van der Waals surface area contributed by atoms with Crippen LogP contribution < -0.4 is 0 Å². The molecule has 2 N–H and O–H groups in total. The van der Waals surface area contributed by atoms with E-state index in [2.05, 4.69) is 42.4 Å². The molecule has 0 fully saturated rings. The molecule has 1 aliphatic heterocycles. The molecule has 0 spiro atoms. The van der Waals surface area contributed by atoms with Crippen LogP contribution in [0.4, 0.5) is 0 Å². The van der Waals surface area contributed by atoms with Gasteiger partial charge in [0.25, 0.3) is 0 Å². The van der Waals surface area contributed by atoms with E-state index in [1.54, 1.807) is 0 Å². The molecule has 0 amide bonds. The molecule has 0 bridgehead atoms. The molecule has 118 valence electrons. The van der Waals surface area contributed by atoms with E-state index in [9.17, 15) is 5.11 Å².